The SMILES string of the molecule is N#Cc1ccc(-c2nc3c4c(nc(N)n3n2)C=CNC4)o1. The second-order valence-corrected chi connectivity index (χ2v) is 4.49. The molecule has 0 bridgehead atoms. The van der Waals surface area contributed by atoms with Gasteiger partial charge in [-0.05, 0) is 24.4 Å². The average Bonchev–Trinajstić information content (AvgIpc) is 3.14. The number of nitriles is 1. The summed E-state index contributed by atoms with van der Waals surface area (Å²) in [5.74, 6) is 1.25. The van der Waals surface area contributed by atoms with Crippen molar-refractivity contribution in [3.05, 3.63) is 35.4 Å². The van der Waals surface area contributed by atoms with E-state index in [4.69, 9.17) is 15.4 Å². The zero-order valence-electron chi connectivity index (χ0n) is 10.7. The van der Waals surface area contributed by atoms with Crippen LogP contribution >= 0.6 is 0 Å². The van der Waals surface area contributed by atoms with Gasteiger partial charge in [0.25, 0.3) is 0 Å². The van der Waals surface area contributed by atoms with Crippen molar-refractivity contribution < 1.29 is 4.42 Å². The van der Waals surface area contributed by atoms with Crippen LogP contribution in [0.3, 0.4) is 0 Å². The second kappa shape index (κ2) is 4.08. The van der Waals surface area contributed by atoms with Crippen molar-refractivity contribution >= 4 is 17.7 Å². The van der Waals surface area contributed by atoms with Gasteiger partial charge in [-0.1, -0.05) is 0 Å². The zero-order chi connectivity index (χ0) is 14.4. The molecule has 0 aliphatic carbocycles. The first-order valence-electron chi connectivity index (χ1n) is 6.21. The minimum Gasteiger partial charge on any atom is -0.442 e. The molecule has 4 rings (SSSR count). The number of nitrogens with zero attached hydrogens (tertiary/aromatic N) is 5. The minimum atomic E-state index is 0.210. The largest absolute Gasteiger partial charge is 0.442 e. The predicted molar refractivity (Wildman–Crippen MR) is 73.5 cm³/mol. The van der Waals surface area contributed by atoms with E-state index in [0.29, 0.717) is 23.8 Å². The summed E-state index contributed by atoms with van der Waals surface area (Å²) in [6.45, 7) is 0.600. The molecule has 0 radical (unpaired) electrons. The third-order valence-corrected chi connectivity index (χ3v) is 3.21. The van der Waals surface area contributed by atoms with E-state index in [1.165, 1.54) is 4.52 Å². The van der Waals surface area contributed by atoms with E-state index in [1.807, 2.05) is 18.3 Å². The molecular formula is C13H9N7O. The first-order chi connectivity index (χ1) is 10.3. The van der Waals surface area contributed by atoms with Gasteiger partial charge in [-0.15, -0.1) is 5.10 Å². The number of anilines is 1. The molecule has 8 nitrogen and oxygen atoms in total. The number of nitrogens with one attached hydrogen (secondary N) is 1. The van der Waals surface area contributed by atoms with Crippen LogP contribution in [0.2, 0.25) is 0 Å². The van der Waals surface area contributed by atoms with Crippen LogP contribution in [0.1, 0.15) is 17.0 Å². The highest BCUT2D eigenvalue weighted by Crippen LogP contribution is 2.24. The van der Waals surface area contributed by atoms with E-state index < -0.39 is 0 Å². The van der Waals surface area contributed by atoms with E-state index in [1.54, 1.807) is 12.1 Å². The first-order valence-corrected chi connectivity index (χ1v) is 6.21. The number of nitrogens with two attached hydrogens (primary N) is 1. The fourth-order valence-electron chi connectivity index (χ4n) is 2.25. The predicted octanol–water partition coefficient (Wildman–Crippen LogP) is 0.912. The molecule has 4 heterocycles. The highest BCUT2D eigenvalue weighted by molar-refractivity contribution is 5.66. The lowest BCUT2D eigenvalue weighted by atomic mass is 10.2. The molecule has 0 saturated carbocycles. The van der Waals surface area contributed by atoms with Gasteiger partial charge in [-0.3, -0.25) is 0 Å². The van der Waals surface area contributed by atoms with Crippen molar-refractivity contribution in [3.63, 3.8) is 0 Å². The molecule has 0 unspecified atom stereocenters. The molecule has 0 atom stereocenters. The number of hydrogen-bond donors (Lipinski definition) is 2. The molecule has 0 spiro atoms. The number of hydrogen-bond acceptors (Lipinski definition) is 7. The quantitative estimate of drug-likeness (QED) is 0.679. The number of aromatic nitrogens is 4. The van der Waals surface area contributed by atoms with Crippen molar-refractivity contribution in [2.45, 2.75) is 6.54 Å². The highest BCUT2D eigenvalue weighted by Gasteiger charge is 2.19. The molecule has 1 aliphatic rings. The third-order valence-electron chi connectivity index (χ3n) is 3.21. The Hall–Kier alpha value is -3.34. The molecule has 21 heavy (non-hydrogen) atoms. The van der Waals surface area contributed by atoms with Crippen LogP contribution in [0.4, 0.5) is 5.95 Å². The fourth-order valence-corrected chi connectivity index (χ4v) is 2.25. The number of rotatable bonds is 1. The Morgan fingerprint density at radius 3 is 3.10 bits per heavy atom. The standard InChI is InChI=1S/C13H9N7O/c14-5-7-1-2-10(21-7)11-18-12-8-6-16-4-3-9(8)17-13(15)20(12)19-11/h1-4,16H,6H2,(H2,15,17). The monoisotopic (exact) mass is 279 g/mol. The van der Waals surface area contributed by atoms with Gasteiger partial charge in [0.05, 0.1) is 5.69 Å². The van der Waals surface area contributed by atoms with Gasteiger partial charge in [-0.25, -0.2) is 9.97 Å². The van der Waals surface area contributed by atoms with Crippen LogP contribution < -0.4 is 11.1 Å². The lowest BCUT2D eigenvalue weighted by molar-refractivity contribution is 0.562. The van der Waals surface area contributed by atoms with Gasteiger partial charge in [0.2, 0.25) is 17.5 Å². The van der Waals surface area contributed by atoms with Crippen molar-refractivity contribution in [2.24, 2.45) is 0 Å². The van der Waals surface area contributed by atoms with Gasteiger partial charge >= 0.3 is 0 Å². The molecule has 3 aromatic heterocycles. The first kappa shape index (κ1) is 11.5. The summed E-state index contributed by atoms with van der Waals surface area (Å²) in [5.41, 5.74) is 8.23. The molecule has 8 heteroatoms. The van der Waals surface area contributed by atoms with Crippen molar-refractivity contribution in [2.75, 3.05) is 5.73 Å². The minimum absolute atomic E-state index is 0.210. The van der Waals surface area contributed by atoms with Gasteiger partial charge < -0.3 is 15.5 Å². The Morgan fingerprint density at radius 1 is 1.38 bits per heavy atom. The van der Waals surface area contributed by atoms with Crippen LogP contribution in [0.15, 0.2) is 22.7 Å². The maximum Gasteiger partial charge on any atom is 0.223 e. The summed E-state index contributed by atoms with van der Waals surface area (Å²) in [4.78, 5) is 8.76. The number of furan rings is 1. The van der Waals surface area contributed by atoms with Crippen molar-refractivity contribution in [3.8, 4) is 17.7 Å². The van der Waals surface area contributed by atoms with Crippen molar-refractivity contribution in [1.29, 1.82) is 5.26 Å². The molecule has 3 N–H and O–H groups in total. The van der Waals surface area contributed by atoms with E-state index in [2.05, 4.69) is 20.4 Å². The van der Waals surface area contributed by atoms with Gasteiger partial charge in [0, 0.05) is 12.1 Å². The van der Waals surface area contributed by atoms with E-state index in [-0.39, 0.29) is 11.7 Å². The van der Waals surface area contributed by atoms with Crippen LogP contribution in [-0.2, 0) is 6.54 Å². The molecular weight excluding hydrogens is 270 g/mol. The van der Waals surface area contributed by atoms with Crippen LogP contribution in [0.25, 0.3) is 23.3 Å². The summed E-state index contributed by atoms with van der Waals surface area (Å²) < 4.78 is 6.82. The Kier molecular flexibility index (Phi) is 2.23. The van der Waals surface area contributed by atoms with Crippen LogP contribution in [-0.4, -0.2) is 19.6 Å². The summed E-state index contributed by atoms with van der Waals surface area (Å²) in [5, 5.41) is 16.2. The summed E-state index contributed by atoms with van der Waals surface area (Å²) in [7, 11) is 0. The Labute approximate surface area is 118 Å². The van der Waals surface area contributed by atoms with E-state index >= 15 is 0 Å². The highest BCUT2D eigenvalue weighted by atomic mass is 16.3. The maximum absolute atomic E-state index is 8.80. The van der Waals surface area contributed by atoms with Crippen LogP contribution in [0, 0.1) is 11.3 Å². The molecule has 3 aromatic rings. The lowest BCUT2D eigenvalue weighted by Crippen LogP contribution is -2.15. The zero-order valence-corrected chi connectivity index (χ0v) is 10.7. The smallest absolute Gasteiger partial charge is 0.223 e. The topological polar surface area (TPSA) is 118 Å². The molecule has 1 aliphatic heterocycles. The maximum atomic E-state index is 8.80. The Morgan fingerprint density at radius 2 is 2.29 bits per heavy atom. The summed E-state index contributed by atoms with van der Waals surface area (Å²) in [6.07, 6.45) is 3.65. The average molecular weight is 279 g/mol. The van der Waals surface area contributed by atoms with E-state index in [0.717, 1.165) is 11.3 Å². The van der Waals surface area contributed by atoms with Crippen LogP contribution in [0.5, 0.6) is 0 Å². The normalized spacial score (nSPS) is 12.9. The Balaban J connectivity index is 1.96. The third kappa shape index (κ3) is 1.64. The van der Waals surface area contributed by atoms with Crippen molar-refractivity contribution in [1.82, 2.24) is 24.9 Å². The summed E-state index contributed by atoms with van der Waals surface area (Å²) >= 11 is 0. The van der Waals surface area contributed by atoms with Gasteiger partial charge in [0.1, 0.15) is 6.07 Å². The molecule has 0 fully saturated rings. The van der Waals surface area contributed by atoms with Gasteiger partial charge in [0.15, 0.2) is 11.4 Å². The second-order valence-electron chi connectivity index (χ2n) is 4.49. The molecule has 102 valence electrons. The molecule has 0 saturated heterocycles. The van der Waals surface area contributed by atoms with E-state index in [9.17, 15) is 0 Å². The van der Waals surface area contributed by atoms with Gasteiger partial charge in [-0.2, -0.15) is 9.78 Å². The fraction of sp³-hybridized carbons (Fsp3) is 0.0769. The lowest BCUT2D eigenvalue weighted by Gasteiger charge is -2.12. The molecule has 0 amide bonds. The number of nitrogen functional groups attached to an aromatic ring is 1. The summed E-state index contributed by atoms with van der Waals surface area (Å²) in [6, 6.07) is 5.15. The molecule has 0 aromatic carbocycles. The number of fused-ring (bicyclic) bond motifs is 3. The Bertz CT molecular complexity index is 928.